The average Bonchev–Trinajstić information content (AvgIpc) is 2.81. The molecule has 2 aliphatic heterocycles. The highest BCUT2D eigenvalue weighted by molar-refractivity contribution is 5.79. The van der Waals surface area contributed by atoms with Crippen LogP contribution in [0.3, 0.4) is 0 Å². The predicted molar refractivity (Wildman–Crippen MR) is 124 cm³/mol. The fraction of sp³-hybridized carbons (Fsp3) is 0.500. The predicted octanol–water partition coefficient (Wildman–Crippen LogP) is 3.92. The molecule has 2 heterocycles. The first-order valence-electron chi connectivity index (χ1n) is 11.6. The van der Waals surface area contributed by atoms with Crippen LogP contribution < -0.4 is 0 Å². The van der Waals surface area contributed by atoms with E-state index < -0.39 is 0 Å². The standard InChI is InChI=1S/C26H35N3O/c30-26(22-23-10-12-25(13-11-23)24-8-3-1-4-9-24)29-20-18-28(19-21-29)17-7-16-27-14-5-2-6-15-27/h1,3-4,8-13H,2,5-7,14-22H2. The molecule has 0 spiro atoms. The van der Waals surface area contributed by atoms with Crippen LogP contribution in [-0.4, -0.2) is 73.0 Å². The van der Waals surface area contributed by atoms with Gasteiger partial charge in [0.1, 0.15) is 0 Å². The van der Waals surface area contributed by atoms with Crippen molar-refractivity contribution in [1.82, 2.24) is 14.7 Å². The first-order valence-corrected chi connectivity index (χ1v) is 11.6. The Morgan fingerprint density at radius 2 is 1.27 bits per heavy atom. The first kappa shape index (κ1) is 21.1. The minimum Gasteiger partial charge on any atom is -0.340 e. The van der Waals surface area contributed by atoms with Gasteiger partial charge in [0.25, 0.3) is 0 Å². The molecule has 0 saturated carbocycles. The number of carbonyl (C=O) groups excluding carboxylic acids is 1. The van der Waals surface area contributed by atoms with Crippen molar-refractivity contribution in [3.8, 4) is 11.1 Å². The molecule has 0 aromatic heterocycles. The number of hydrogen-bond donors (Lipinski definition) is 0. The zero-order chi connectivity index (χ0) is 20.6. The minimum atomic E-state index is 0.260. The smallest absolute Gasteiger partial charge is 0.227 e. The van der Waals surface area contributed by atoms with Crippen LogP contribution in [0.2, 0.25) is 0 Å². The summed E-state index contributed by atoms with van der Waals surface area (Å²) in [4.78, 5) is 19.9. The van der Waals surface area contributed by atoms with E-state index in [0.29, 0.717) is 6.42 Å². The second-order valence-electron chi connectivity index (χ2n) is 8.72. The maximum Gasteiger partial charge on any atom is 0.227 e. The summed E-state index contributed by atoms with van der Waals surface area (Å²) in [6.07, 6.45) is 5.90. The van der Waals surface area contributed by atoms with E-state index in [1.54, 1.807) is 0 Å². The van der Waals surface area contributed by atoms with Gasteiger partial charge in [0, 0.05) is 26.2 Å². The topological polar surface area (TPSA) is 26.8 Å². The molecule has 1 amide bonds. The van der Waals surface area contributed by atoms with Crippen LogP contribution >= 0.6 is 0 Å². The molecule has 2 aromatic rings. The molecular weight excluding hydrogens is 370 g/mol. The van der Waals surface area contributed by atoms with Gasteiger partial charge in [0.05, 0.1) is 6.42 Å². The fourth-order valence-corrected chi connectivity index (χ4v) is 4.65. The third kappa shape index (κ3) is 5.93. The number of amides is 1. The van der Waals surface area contributed by atoms with Crippen molar-refractivity contribution in [2.45, 2.75) is 32.1 Å². The fourth-order valence-electron chi connectivity index (χ4n) is 4.65. The Balaban J connectivity index is 1.18. The van der Waals surface area contributed by atoms with E-state index in [1.165, 1.54) is 63.0 Å². The molecule has 0 N–H and O–H groups in total. The lowest BCUT2D eigenvalue weighted by atomic mass is 10.0. The van der Waals surface area contributed by atoms with Crippen LogP contribution in [0, 0.1) is 0 Å². The van der Waals surface area contributed by atoms with Gasteiger partial charge >= 0.3 is 0 Å². The van der Waals surface area contributed by atoms with Crippen LogP contribution in [-0.2, 0) is 11.2 Å². The number of likely N-dealkylation sites (tertiary alicyclic amines) is 1. The van der Waals surface area contributed by atoms with Crippen LogP contribution in [0.5, 0.6) is 0 Å². The van der Waals surface area contributed by atoms with Crippen molar-refractivity contribution in [1.29, 1.82) is 0 Å². The van der Waals surface area contributed by atoms with Gasteiger partial charge in [-0.1, -0.05) is 61.0 Å². The number of carbonyl (C=O) groups is 1. The Morgan fingerprint density at radius 3 is 1.93 bits per heavy atom. The molecule has 4 rings (SSSR count). The molecule has 0 bridgehead atoms. The quantitative estimate of drug-likeness (QED) is 0.699. The maximum absolute atomic E-state index is 12.8. The van der Waals surface area contributed by atoms with E-state index in [2.05, 4.69) is 58.3 Å². The third-order valence-electron chi connectivity index (χ3n) is 6.54. The molecule has 0 radical (unpaired) electrons. The number of nitrogens with zero attached hydrogens (tertiary/aromatic N) is 3. The highest BCUT2D eigenvalue weighted by Crippen LogP contribution is 2.20. The lowest BCUT2D eigenvalue weighted by Gasteiger charge is -2.35. The highest BCUT2D eigenvalue weighted by atomic mass is 16.2. The Labute approximate surface area is 181 Å². The van der Waals surface area contributed by atoms with Crippen molar-refractivity contribution in [3.05, 3.63) is 60.2 Å². The summed E-state index contributed by atoms with van der Waals surface area (Å²) in [6.45, 7) is 8.73. The van der Waals surface area contributed by atoms with Crippen molar-refractivity contribution in [2.24, 2.45) is 0 Å². The van der Waals surface area contributed by atoms with Gasteiger partial charge in [-0.2, -0.15) is 0 Å². The Morgan fingerprint density at radius 1 is 0.667 bits per heavy atom. The van der Waals surface area contributed by atoms with E-state index in [-0.39, 0.29) is 5.91 Å². The van der Waals surface area contributed by atoms with Crippen molar-refractivity contribution >= 4 is 5.91 Å². The summed E-state index contributed by atoms with van der Waals surface area (Å²) in [7, 11) is 0. The normalized spacial score (nSPS) is 18.5. The lowest BCUT2D eigenvalue weighted by Crippen LogP contribution is -2.49. The SMILES string of the molecule is O=C(Cc1ccc(-c2ccccc2)cc1)N1CCN(CCCN2CCCCC2)CC1. The molecule has 0 aliphatic carbocycles. The van der Waals surface area contributed by atoms with Crippen molar-refractivity contribution in [2.75, 3.05) is 52.4 Å². The molecule has 0 atom stereocenters. The van der Waals surface area contributed by atoms with Crippen LogP contribution in [0.15, 0.2) is 54.6 Å². The van der Waals surface area contributed by atoms with Crippen LogP contribution in [0.4, 0.5) is 0 Å². The number of benzene rings is 2. The Kier molecular flexibility index (Phi) is 7.54. The second kappa shape index (κ2) is 10.7. The number of piperidine rings is 1. The molecule has 2 saturated heterocycles. The van der Waals surface area contributed by atoms with E-state index >= 15 is 0 Å². The summed E-state index contributed by atoms with van der Waals surface area (Å²) < 4.78 is 0. The monoisotopic (exact) mass is 405 g/mol. The van der Waals surface area contributed by atoms with Gasteiger partial charge in [-0.3, -0.25) is 9.69 Å². The highest BCUT2D eigenvalue weighted by Gasteiger charge is 2.21. The van der Waals surface area contributed by atoms with Gasteiger partial charge in [0.15, 0.2) is 0 Å². The van der Waals surface area contributed by atoms with Crippen molar-refractivity contribution in [3.63, 3.8) is 0 Å². The molecule has 30 heavy (non-hydrogen) atoms. The summed E-state index contributed by atoms with van der Waals surface area (Å²) in [5.41, 5.74) is 3.51. The molecule has 2 aromatic carbocycles. The molecular formula is C26H35N3O. The molecule has 0 unspecified atom stereocenters. The number of rotatable bonds is 7. The lowest BCUT2D eigenvalue weighted by molar-refractivity contribution is -0.132. The first-order chi connectivity index (χ1) is 14.8. The second-order valence-corrected chi connectivity index (χ2v) is 8.72. The van der Waals surface area contributed by atoms with Gasteiger partial charge in [0.2, 0.25) is 5.91 Å². The summed E-state index contributed by atoms with van der Waals surface area (Å²) in [5, 5.41) is 0. The van der Waals surface area contributed by atoms with Crippen LogP contribution in [0.25, 0.3) is 11.1 Å². The third-order valence-corrected chi connectivity index (χ3v) is 6.54. The van der Waals surface area contributed by atoms with E-state index in [4.69, 9.17) is 0 Å². The largest absolute Gasteiger partial charge is 0.340 e. The number of piperazine rings is 1. The van der Waals surface area contributed by atoms with E-state index in [9.17, 15) is 4.79 Å². The van der Waals surface area contributed by atoms with Crippen molar-refractivity contribution < 1.29 is 4.79 Å². The molecule has 2 fully saturated rings. The Hall–Kier alpha value is -2.17. The van der Waals surface area contributed by atoms with Crippen LogP contribution in [0.1, 0.15) is 31.2 Å². The van der Waals surface area contributed by atoms with Gasteiger partial charge in [-0.05, 0) is 62.1 Å². The van der Waals surface area contributed by atoms with E-state index in [0.717, 1.165) is 31.7 Å². The van der Waals surface area contributed by atoms with Gasteiger partial charge in [-0.15, -0.1) is 0 Å². The molecule has 4 heteroatoms. The minimum absolute atomic E-state index is 0.260. The summed E-state index contributed by atoms with van der Waals surface area (Å²) in [6, 6.07) is 18.8. The number of hydrogen-bond acceptors (Lipinski definition) is 3. The zero-order valence-corrected chi connectivity index (χ0v) is 18.1. The maximum atomic E-state index is 12.8. The molecule has 4 nitrogen and oxygen atoms in total. The average molecular weight is 406 g/mol. The summed E-state index contributed by atoms with van der Waals surface area (Å²) in [5.74, 6) is 0.260. The van der Waals surface area contributed by atoms with Gasteiger partial charge < -0.3 is 9.80 Å². The molecule has 160 valence electrons. The van der Waals surface area contributed by atoms with E-state index in [1.807, 2.05) is 11.0 Å². The Bertz CT molecular complexity index is 776. The molecule has 2 aliphatic rings. The zero-order valence-electron chi connectivity index (χ0n) is 18.1. The van der Waals surface area contributed by atoms with Gasteiger partial charge in [-0.25, -0.2) is 0 Å². The summed E-state index contributed by atoms with van der Waals surface area (Å²) >= 11 is 0.